The molecule has 0 N–H and O–H groups in total. The molecule has 0 aromatic heterocycles. The molecule has 2 aliphatic rings. The molecule has 0 amide bonds. The molecule has 0 aliphatic carbocycles. The minimum absolute atomic E-state index is 0.257. The molecule has 1 unspecified atom stereocenters. The normalized spacial score (nSPS) is 36.3. The van der Waals surface area contributed by atoms with Crippen molar-refractivity contribution in [3.63, 3.8) is 0 Å². The Morgan fingerprint density at radius 3 is 2.55 bits per heavy atom. The van der Waals surface area contributed by atoms with E-state index in [4.69, 9.17) is 14.2 Å². The molecular formula is C8H14O3. The minimum atomic E-state index is -0.280. The van der Waals surface area contributed by atoms with Gasteiger partial charge in [-0.1, -0.05) is 0 Å². The SMILES string of the molecule is CC1COC2(CCOCC2)O1. The molecule has 2 saturated heterocycles. The van der Waals surface area contributed by atoms with E-state index in [1.165, 1.54) is 0 Å². The van der Waals surface area contributed by atoms with E-state index in [2.05, 4.69) is 0 Å². The molecule has 0 saturated carbocycles. The molecule has 2 rings (SSSR count). The number of hydrogen-bond acceptors (Lipinski definition) is 3. The Hall–Kier alpha value is -0.120. The van der Waals surface area contributed by atoms with Gasteiger partial charge in [-0.25, -0.2) is 0 Å². The van der Waals surface area contributed by atoms with Crippen LogP contribution >= 0.6 is 0 Å². The van der Waals surface area contributed by atoms with E-state index in [0.717, 1.165) is 32.7 Å². The summed E-state index contributed by atoms with van der Waals surface area (Å²) in [5, 5.41) is 0. The molecule has 0 aromatic carbocycles. The van der Waals surface area contributed by atoms with Gasteiger partial charge in [0, 0.05) is 12.8 Å². The lowest BCUT2D eigenvalue weighted by Crippen LogP contribution is -2.37. The fraction of sp³-hybridized carbons (Fsp3) is 1.00. The summed E-state index contributed by atoms with van der Waals surface area (Å²) in [6.07, 6.45) is 2.03. The molecule has 2 aliphatic heterocycles. The summed E-state index contributed by atoms with van der Waals surface area (Å²) in [5.41, 5.74) is 0. The van der Waals surface area contributed by atoms with E-state index >= 15 is 0 Å². The Bertz CT molecular complexity index is 135. The van der Waals surface area contributed by atoms with Gasteiger partial charge in [-0.3, -0.25) is 0 Å². The van der Waals surface area contributed by atoms with Crippen molar-refractivity contribution in [1.29, 1.82) is 0 Å². The van der Waals surface area contributed by atoms with Crippen LogP contribution in [0.1, 0.15) is 19.8 Å². The highest BCUT2D eigenvalue weighted by atomic mass is 16.7. The first-order valence-electron chi connectivity index (χ1n) is 4.20. The molecule has 3 heteroatoms. The van der Waals surface area contributed by atoms with Crippen LogP contribution in [0.25, 0.3) is 0 Å². The molecule has 0 radical (unpaired) electrons. The Kier molecular flexibility index (Phi) is 1.87. The highest BCUT2D eigenvalue weighted by molar-refractivity contribution is 4.79. The summed E-state index contributed by atoms with van der Waals surface area (Å²) in [7, 11) is 0. The van der Waals surface area contributed by atoms with Crippen molar-refractivity contribution >= 4 is 0 Å². The summed E-state index contributed by atoms with van der Waals surface area (Å²) in [5.74, 6) is -0.280. The first-order chi connectivity index (χ1) is 5.31. The molecule has 11 heavy (non-hydrogen) atoms. The standard InChI is InChI=1S/C8H14O3/c1-7-6-10-8(11-7)2-4-9-5-3-8/h7H,2-6H2,1H3. The monoisotopic (exact) mass is 158 g/mol. The van der Waals surface area contributed by atoms with Crippen LogP contribution in [-0.4, -0.2) is 31.7 Å². The van der Waals surface area contributed by atoms with E-state index in [9.17, 15) is 0 Å². The first-order valence-corrected chi connectivity index (χ1v) is 4.20. The molecule has 2 fully saturated rings. The molecule has 64 valence electrons. The third-order valence-corrected chi connectivity index (χ3v) is 2.25. The fourth-order valence-corrected chi connectivity index (χ4v) is 1.65. The summed E-state index contributed by atoms with van der Waals surface area (Å²) in [6.45, 7) is 4.32. The van der Waals surface area contributed by atoms with E-state index in [-0.39, 0.29) is 11.9 Å². The Morgan fingerprint density at radius 1 is 1.27 bits per heavy atom. The predicted octanol–water partition coefficient (Wildman–Crippen LogP) is 0.928. The molecule has 1 spiro atoms. The largest absolute Gasteiger partial charge is 0.381 e. The van der Waals surface area contributed by atoms with Crippen LogP contribution in [0.15, 0.2) is 0 Å². The van der Waals surface area contributed by atoms with Gasteiger partial charge in [-0.05, 0) is 6.92 Å². The van der Waals surface area contributed by atoms with Gasteiger partial charge in [0.1, 0.15) is 0 Å². The lowest BCUT2D eigenvalue weighted by molar-refractivity contribution is -0.209. The second kappa shape index (κ2) is 2.73. The maximum Gasteiger partial charge on any atom is 0.173 e. The maximum absolute atomic E-state index is 5.69. The van der Waals surface area contributed by atoms with Crippen molar-refractivity contribution in [1.82, 2.24) is 0 Å². The summed E-state index contributed by atoms with van der Waals surface area (Å²) in [6, 6.07) is 0. The van der Waals surface area contributed by atoms with E-state index < -0.39 is 0 Å². The van der Waals surface area contributed by atoms with Crippen LogP contribution in [0.3, 0.4) is 0 Å². The van der Waals surface area contributed by atoms with Gasteiger partial charge in [0.15, 0.2) is 5.79 Å². The molecule has 0 aromatic rings. The van der Waals surface area contributed by atoms with Gasteiger partial charge >= 0.3 is 0 Å². The van der Waals surface area contributed by atoms with Crippen molar-refractivity contribution in [2.24, 2.45) is 0 Å². The Balaban J connectivity index is 1.98. The molecule has 2 heterocycles. The highest BCUT2D eigenvalue weighted by Crippen LogP contribution is 2.32. The minimum Gasteiger partial charge on any atom is -0.381 e. The molecule has 0 bridgehead atoms. The lowest BCUT2D eigenvalue weighted by Gasteiger charge is -2.31. The summed E-state index contributed by atoms with van der Waals surface area (Å²) < 4.78 is 16.5. The number of rotatable bonds is 0. The van der Waals surface area contributed by atoms with Gasteiger partial charge in [-0.2, -0.15) is 0 Å². The van der Waals surface area contributed by atoms with Crippen molar-refractivity contribution in [3.8, 4) is 0 Å². The van der Waals surface area contributed by atoms with E-state index in [1.54, 1.807) is 0 Å². The molecule has 3 nitrogen and oxygen atoms in total. The second-order valence-electron chi connectivity index (χ2n) is 3.26. The van der Waals surface area contributed by atoms with Crippen molar-refractivity contribution in [2.45, 2.75) is 31.7 Å². The summed E-state index contributed by atoms with van der Waals surface area (Å²) in [4.78, 5) is 0. The second-order valence-corrected chi connectivity index (χ2v) is 3.26. The number of hydrogen-bond donors (Lipinski definition) is 0. The Morgan fingerprint density at radius 2 is 2.00 bits per heavy atom. The van der Waals surface area contributed by atoms with Gasteiger partial charge in [0.2, 0.25) is 0 Å². The Labute approximate surface area is 66.6 Å². The van der Waals surface area contributed by atoms with Crippen molar-refractivity contribution < 1.29 is 14.2 Å². The molecule has 1 atom stereocenters. The lowest BCUT2D eigenvalue weighted by atomic mass is 10.1. The predicted molar refractivity (Wildman–Crippen MR) is 39.3 cm³/mol. The highest BCUT2D eigenvalue weighted by Gasteiger charge is 2.41. The van der Waals surface area contributed by atoms with Crippen LogP contribution in [0, 0.1) is 0 Å². The van der Waals surface area contributed by atoms with Crippen LogP contribution < -0.4 is 0 Å². The van der Waals surface area contributed by atoms with Gasteiger partial charge in [0.25, 0.3) is 0 Å². The van der Waals surface area contributed by atoms with Crippen LogP contribution in [0.4, 0.5) is 0 Å². The molecular weight excluding hydrogens is 144 g/mol. The third-order valence-electron chi connectivity index (χ3n) is 2.25. The number of ether oxygens (including phenoxy) is 3. The fourth-order valence-electron chi connectivity index (χ4n) is 1.65. The van der Waals surface area contributed by atoms with E-state index in [0.29, 0.717) is 0 Å². The van der Waals surface area contributed by atoms with Crippen molar-refractivity contribution in [2.75, 3.05) is 19.8 Å². The quantitative estimate of drug-likeness (QED) is 0.525. The average molecular weight is 158 g/mol. The van der Waals surface area contributed by atoms with Crippen LogP contribution in [0.2, 0.25) is 0 Å². The maximum atomic E-state index is 5.69. The van der Waals surface area contributed by atoms with E-state index in [1.807, 2.05) is 6.92 Å². The van der Waals surface area contributed by atoms with Crippen molar-refractivity contribution in [3.05, 3.63) is 0 Å². The van der Waals surface area contributed by atoms with Gasteiger partial charge in [-0.15, -0.1) is 0 Å². The first kappa shape index (κ1) is 7.53. The zero-order valence-electron chi connectivity index (χ0n) is 6.84. The van der Waals surface area contributed by atoms with Crippen LogP contribution in [0.5, 0.6) is 0 Å². The average Bonchev–Trinajstić information content (AvgIpc) is 2.34. The third kappa shape index (κ3) is 1.41. The zero-order valence-corrected chi connectivity index (χ0v) is 6.84. The van der Waals surface area contributed by atoms with Gasteiger partial charge in [0.05, 0.1) is 25.9 Å². The van der Waals surface area contributed by atoms with Gasteiger partial charge < -0.3 is 14.2 Å². The smallest absolute Gasteiger partial charge is 0.173 e. The summed E-state index contributed by atoms with van der Waals surface area (Å²) >= 11 is 0. The zero-order chi connectivity index (χ0) is 7.73. The topological polar surface area (TPSA) is 27.7 Å². The van der Waals surface area contributed by atoms with Crippen LogP contribution in [-0.2, 0) is 14.2 Å².